The van der Waals surface area contributed by atoms with Crippen molar-refractivity contribution in [3.05, 3.63) is 46.5 Å². The lowest BCUT2D eigenvalue weighted by Crippen LogP contribution is -2.25. The van der Waals surface area contributed by atoms with Crippen molar-refractivity contribution < 1.29 is 0 Å². The number of rotatable bonds is 7. The average molecular weight is 307 g/mol. The highest BCUT2D eigenvalue weighted by Crippen LogP contribution is 2.24. The standard InChI is InChI=1S/C16H23ClN4/c1-4-8-21-16(19-11-20-21)10-15(18-5-2)14-9-13(17)7-6-12(14)3/h6-7,9,11,15,18H,4-5,8,10H2,1-3H3. The molecule has 2 aromatic rings. The fourth-order valence-electron chi connectivity index (χ4n) is 2.55. The third-order valence-corrected chi connectivity index (χ3v) is 3.82. The van der Waals surface area contributed by atoms with Gasteiger partial charge >= 0.3 is 0 Å². The Morgan fingerprint density at radius 3 is 2.86 bits per heavy atom. The molecule has 1 heterocycles. The molecule has 4 nitrogen and oxygen atoms in total. The minimum atomic E-state index is 0.202. The SMILES string of the molecule is CCCn1ncnc1CC(NCC)c1cc(Cl)ccc1C. The maximum absolute atomic E-state index is 6.16. The molecular weight excluding hydrogens is 284 g/mol. The number of aromatic nitrogens is 3. The maximum atomic E-state index is 6.16. The summed E-state index contributed by atoms with van der Waals surface area (Å²) in [5.41, 5.74) is 2.47. The summed E-state index contributed by atoms with van der Waals surface area (Å²) in [5.74, 6) is 1.02. The summed E-state index contributed by atoms with van der Waals surface area (Å²) in [6, 6.07) is 6.25. The van der Waals surface area contributed by atoms with Gasteiger partial charge in [-0.15, -0.1) is 0 Å². The first-order valence-corrected chi connectivity index (χ1v) is 7.89. The van der Waals surface area contributed by atoms with E-state index in [9.17, 15) is 0 Å². The van der Waals surface area contributed by atoms with Crippen LogP contribution in [0.15, 0.2) is 24.5 Å². The fraction of sp³-hybridized carbons (Fsp3) is 0.500. The lowest BCUT2D eigenvalue weighted by atomic mass is 9.98. The van der Waals surface area contributed by atoms with Gasteiger partial charge in [-0.25, -0.2) is 4.98 Å². The Balaban J connectivity index is 2.26. The van der Waals surface area contributed by atoms with Crippen LogP contribution in [-0.2, 0) is 13.0 Å². The summed E-state index contributed by atoms with van der Waals surface area (Å²) in [4.78, 5) is 4.41. The van der Waals surface area contributed by atoms with Crippen LogP contribution in [0.1, 0.15) is 43.3 Å². The van der Waals surface area contributed by atoms with Crippen LogP contribution in [0.25, 0.3) is 0 Å². The number of halogens is 1. The van der Waals surface area contributed by atoms with Crippen LogP contribution in [-0.4, -0.2) is 21.3 Å². The molecule has 0 bridgehead atoms. The molecule has 2 rings (SSSR count). The van der Waals surface area contributed by atoms with Gasteiger partial charge in [0.15, 0.2) is 0 Å². The van der Waals surface area contributed by atoms with Crippen LogP contribution < -0.4 is 5.32 Å². The normalized spacial score (nSPS) is 12.6. The topological polar surface area (TPSA) is 42.7 Å². The van der Waals surface area contributed by atoms with E-state index in [2.05, 4.69) is 42.2 Å². The highest BCUT2D eigenvalue weighted by atomic mass is 35.5. The monoisotopic (exact) mass is 306 g/mol. The van der Waals surface area contributed by atoms with E-state index >= 15 is 0 Å². The second kappa shape index (κ2) is 7.57. The Bertz CT molecular complexity index is 579. The van der Waals surface area contributed by atoms with Gasteiger partial charge in [0.25, 0.3) is 0 Å². The molecule has 1 N–H and O–H groups in total. The first kappa shape index (κ1) is 16.0. The van der Waals surface area contributed by atoms with Crippen molar-refractivity contribution in [3.63, 3.8) is 0 Å². The van der Waals surface area contributed by atoms with E-state index in [1.54, 1.807) is 6.33 Å². The molecule has 0 amide bonds. The van der Waals surface area contributed by atoms with Gasteiger partial charge in [-0.3, -0.25) is 4.68 Å². The van der Waals surface area contributed by atoms with Crippen LogP contribution in [0.5, 0.6) is 0 Å². The second-order valence-corrected chi connectivity index (χ2v) is 5.65. The molecule has 1 unspecified atom stereocenters. The summed E-state index contributed by atoms with van der Waals surface area (Å²) < 4.78 is 1.99. The zero-order chi connectivity index (χ0) is 15.2. The minimum absolute atomic E-state index is 0.202. The van der Waals surface area contributed by atoms with Crippen molar-refractivity contribution in [3.8, 4) is 0 Å². The molecule has 114 valence electrons. The van der Waals surface area contributed by atoms with Crippen LogP contribution in [0.3, 0.4) is 0 Å². The van der Waals surface area contributed by atoms with Crippen molar-refractivity contribution in [1.29, 1.82) is 0 Å². The highest BCUT2D eigenvalue weighted by Gasteiger charge is 2.17. The van der Waals surface area contributed by atoms with E-state index < -0.39 is 0 Å². The largest absolute Gasteiger partial charge is 0.310 e. The second-order valence-electron chi connectivity index (χ2n) is 5.21. The molecule has 0 aliphatic carbocycles. The Hall–Kier alpha value is -1.39. The summed E-state index contributed by atoms with van der Waals surface area (Å²) >= 11 is 6.16. The van der Waals surface area contributed by atoms with Crippen LogP contribution in [0.4, 0.5) is 0 Å². The molecule has 0 aliphatic rings. The third kappa shape index (κ3) is 4.05. The van der Waals surface area contributed by atoms with Gasteiger partial charge in [0.2, 0.25) is 0 Å². The molecule has 0 spiro atoms. The van der Waals surface area contributed by atoms with E-state index in [0.717, 1.165) is 36.8 Å². The maximum Gasteiger partial charge on any atom is 0.138 e. The number of nitrogens with zero attached hydrogens (tertiary/aromatic N) is 3. The molecule has 0 radical (unpaired) electrons. The molecule has 0 aliphatic heterocycles. The van der Waals surface area contributed by atoms with E-state index in [0.29, 0.717) is 0 Å². The number of aryl methyl sites for hydroxylation is 2. The first-order valence-electron chi connectivity index (χ1n) is 7.51. The van der Waals surface area contributed by atoms with Gasteiger partial charge in [-0.2, -0.15) is 5.10 Å². The molecule has 1 atom stereocenters. The van der Waals surface area contributed by atoms with Crippen LogP contribution >= 0.6 is 11.6 Å². The molecule has 21 heavy (non-hydrogen) atoms. The van der Waals surface area contributed by atoms with Crippen molar-refractivity contribution in [1.82, 2.24) is 20.1 Å². The zero-order valence-electron chi connectivity index (χ0n) is 12.9. The molecule has 1 aromatic heterocycles. The number of hydrogen-bond acceptors (Lipinski definition) is 3. The van der Waals surface area contributed by atoms with Gasteiger partial charge in [0.05, 0.1) is 0 Å². The smallest absolute Gasteiger partial charge is 0.138 e. The number of benzene rings is 1. The highest BCUT2D eigenvalue weighted by molar-refractivity contribution is 6.30. The predicted octanol–water partition coefficient (Wildman–Crippen LogP) is 3.54. The van der Waals surface area contributed by atoms with Crippen LogP contribution in [0.2, 0.25) is 5.02 Å². The quantitative estimate of drug-likeness (QED) is 0.851. The van der Waals surface area contributed by atoms with Crippen molar-refractivity contribution in [2.45, 2.75) is 46.2 Å². The lowest BCUT2D eigenvalue weighted by molar-refractivity contribution is 0.497. The summed E-state index contributed by atoms with van der Waals surface area (Å²) in [6.07, 6.45) is 3.51. The Morgan fingerprint density at radius 2 is 2.14 bits per heavy atom. The third-order valence-electron chi connectivity index (χ3n) is 3.59. The van der Waals surface area contributed by atoms with Gasteiger partial charge in [-0.1, -0.05) is 31.5 Å². The molecule has 1 aromatic carbocycles. The summed E-state index contributed by atoms with van der Waals surface area (Å²) in [6.45, 7) is 8.19. The van der Waals surface area contributed by atoms with Crippen molar-refractivity contribution in [2.75, 3.05) is 6.54 Å². The molecule has 5 heteroatoms. The molecule has 0 saturated heterocycles. The van der Waals surface area contributed by atoms with Crippen LogP contribution in [0, 0.1) is 6.92 Å². The van der Waals surface area contributed by atoms with Crippen molar-refractivity contribution in [2.24, 2.45) is 0 Å². The summed E-state index contributed by atoms with van der Waals surface area (Å²) in [5, 5.41) is 8.61. The fourth-order valence-corrected chi connectivity index (χ4v) is 2.73. The van der Waals surface area contributed by atoms with Gasteiger partial charge in [-0.05, 0) is 43.1 Å². The number of nitrogens with one attached hydrogen (secondary N) is 1. The Labute approximate surface area is 131 Å². The van der Waals surface area contributed by atoms with E-state index in [-0.39, 0.29) is 6.04 Å². The first-order chi connectivity index (χ1) is 10.2. The summed E-state index contributed by atoms with van der Waals surface area (Å²) in [7, 11) is 0. The Kier molecular flexibility index (Phi) is 5.76. The minimum Gasteiger partial charge on any atom is -0.310 e. The van der Waals surface area contributed by atoms with E-state index in [1.165, 1.54) is 11.1 Å². The van der Waals surface area contributed by atoms with Gasteiger partial charge in [0.1, 0.15) is 12.2 Å². The molecule has 0 saturated carbocycles. The molecular formula is C16H23ClN4. The number of hydrogen-bond donors (Lipinski definition) is 1. The lowest BCUT2D eigenvalue weighted by Gasteiger charge is -2.20. The number of likely N-dealkylation sites (N-methyl/N-ethyl adjacent to an activating group) is 1. The van der Waals surface area contributed by atoms with Gasteiger partial charge in [0, 0.05) is 24.0 Å². The Morgan fingerprint density at radius 1 is 1.33 bits per heavy atom. The predicted molar refractivity (Wildman–Crippen MR) is 86.6 cm³/mol. The van der Waals surface area contributed by atoms with Crippen molar-refractivity contribution >= 4 is 11.6 Å². The van der Waals surface area contributed by atoms with E-state index in [4.69, 9.17) is 11.6 Å². The zero-order valence-corrected chi connectivity index (χ0v) is 13.7. The van der Waals surface area contributed by atoms with Gasteiger partial charge < -0.3 is 5.32 Å². The molecule has 0 fully saturated rings. The average Bonchev–Trinajstić information content (AvgIpc) is 2.89. The van der Waals surface area contributed by atoms with E-state index in [1.807, 2.05) is 16.8 Å².